The van der Waals surface area contributed by atoms with Gasteiger partial charge in [0.2, 0.25) is 0 Å². The van der Waals surface area contributed by atoms with Gasteiger partial charge in [0.1, 0.15) is 5.76 Å². The molecule has 0 aliphatic heterocycles. The fourth-order valence-electron chi connectivity index (χ4n) is 1.39. The molecule has 0 aliphatic carbocycles. The Morgan fingerprint density at radius 2 is 2.06 bits per heavy atom. The molecule has 0 fully saturated rings. The molecule has 1 aromatic carbocycles. The molecule has 1 heterocycles. The van der Waals surface area contributed by atoms with Gasteiger partial charge in [-0.25, -0.2) is 0 Å². The summed E-state index contributed by atoms with van der Waals surface area (Å²) >= 11 is 11.6. The van der Waals surface area contributed by atoms with Gasteiger partial charge in [-0.1, -0.05) is 11.6 Å². The van der Waals surface area contributed by atoms with E-state index in [0.717, 1.165) is 0 Å². The van der Waals surface area contributed by atoms with Gasteiger partial charge in [-0.2, -0.15) is 0 Å². The number of non-ortho nitro benzene ring substituents is 1. The molecule has 0 saturated heterocycles. The number of hydrogen-bond donors (Lipinski definition) is 1. The number of halogens is 2. The number of hydrogen-bond acceptors (Lipinski definition) is 4. The van der Waals surface area contributed by atoms with Crippen LogP contribution in [-0.4, -0.2) is 4.92 Å². The first-order valence-corrected chi connectivity index (χ1v) is 5.74. The Bertz CT molecular complexity index is 583. The third-order valence-electron chi connectivity index (χ3n) is 2.24. The largest absolute Gasteiger partial charge is 0.448 e. The van der Waals surface area contributed by atoms with E-state index in [2.05, 4.69) is 5.32 Å². The van der Waals surface area contributed by atoms with Crippen molar-refractivity contribution in [1.29, 1.82) is 0 Å². The van der Waals surface area contributed by atoms with E-state index in [-0.39, 0.29) is 10.9 Å². The van der Waals surface area contributed by atoms with Crippen LogP contribution in [0.3, 0.4) is 0 Å². The van der Waals surface area contributed by atoms with Crippen LogP contribution >= 0.6 is 23.2 Å². The maximum Gasteiger partial charge on any atom is 0.271 e. The molecule has 0 aliphatic rings. The van der Waals surface area contributed by atoms with Crippen molar-refractivity contribution in [2.75, 3.05) is 5.32 Å². The fraction of sp³-hybridized carbons (Fsp3) is 0.0909. The highest BCUT2D eigenvalue weighted by Gasteiger charge is 2.10. The number of anilines is 1. The standard InChI is InChI=1S/C11H8Cl2N2O3/c12-9-3-1-7(15(16)17)5-10(9)14-6-8-2-4-11(13)18-8/h1-5,14H,6H2. The van der Waals surface area contributed by atoms with Crippen molar-refractivity contribution in [3.63, 3.8) is 0 Å². The Balaban J connectivity index is 2.13. The average Bonchev–Trinajstić information content (AvgIpc) is 2.74. The Labute approximate surface area is 112 Å². The minimum Gasteiger partial charge on any atom is -0.448 e. The number of benzene rings is 1. The second kappa shape index (κ2) is 5.29. The molecule has 1 N–H and O–H groups in total. The summed E-state index contributed by atoms with van der Waals surface area (Å²) in [6.07, 6.45) is 0. The number of rotatable bonds is 4. The number of furan rings is 1. The van der Waals surface area contributed by atoms with Gasteiger partial charge in [0.25, 0.3) is 5.69 Å². The molecule has 1 aromatic heterocycles. The van der Waals surface area contributed by atoms with E-state index >= 15 is 0 Å². The quantitative estimate of drug-likeness (QED) is 0.678. The summed E-state index contributed by atoms with van der Waals surface area (Å²) < 4.78 is 5.15. The molecule has 0 amide bonds. The Hall–Kier alpha value is -1.72. The van der Waals surface area contributed by atoms with Crippen LogP contribution in [-0.2, 0) is 6.54 Å². The van der Waals surface area contributed by atoms with E-state index in [9.17, 15) is 10.1 Å². The summed E-state index contributed by atoms with van der Waals surface area (Å²) in [5.74, 6) is 0.613. The minimum atomic E-state index is -0.481. The zero-order valence-corrected chi connectivity index (χ0v) is 10.5. The molecule has 0 radical (unpaired) electrons. The van der Waals surface area contributed by atoms with Crippen molar-refractivity contribution in [2.45, 2.75) is 6.54 Å². The summed E-state index contributed by atoms with van der Waals surface area (Å²) in [5.41, 5.74) is 0.442. The molecule has 2 aromatic rings. The lowest BCUT2D eigenvalue weighted by atomic mass is 10.2. The number of nitrogens with one attached hydrogen (secondary N) is 1. The summed E-state index contributed by atoms with van der Waals surface area (Å²) in [6, 6.07) is 7.51. The highest BCUT2D eigenvalue weighted by molar-refractivity contribution is 6.33. The Morgan fingerprint density at radius 1 is 1.28 bits per heavy atom. The second-order valence-corrected chi connectivity index (χ2v) is 4.26. The minimum absolute atomic E-state index is 0.0284. The van der Waals surface area contributed by atoms with Crippen LogP contribution in [0.5, 0.6) is 0 Å². The van der Waals surface area contributed by atoms with Crippen molar-refractivity contribution in [3.8, 4) is 0 Å². The molecule has 5 nitrogen and oxygen atoms in total. The average molecular weight is 287 g/mol. The van der Waals surface area contributed by atoms with Gasteiger partial charge in [0.05, 0.1) is 22.2 Å². The maximum atomic E-state index is 10.6. The van der Waals surface area contributed by atoms with E-state index in [4.69, 9.17) is 27.6 Å². The summed E-state index contributed by atoms with van der Waals surface area (Å²) in [7, 11) is 0. The highest BCUT2D eigenvalue weighted by atomic mass is 35.5. The Morgan fingerprint density at radius 3 is 2.67 bits per heavy atom. The van der Waals surface area contributed by atoms with E-state index in [1.165, 1.54) is 18.2 Å². The molecule has 0 saturated carbocycles. The van der Waals surface area contributed by atoms with Crippen LogP contribution in [0.4, 0.5) is 11.4 Å². The molecule has 0 spiro atoms. The van der Waals surface area contributed by atoms with Crippen molar-refractivity contribution >= 4 is 34.6 Å². The zero-order valence-electron chi connectivity index (χ0n) is 9.02. The van der Waals surface area contributed by atoms with Crippen LogP contribution in [0.2, 0.25) is 10.2 Å². The lowest BCUT2D eigenvalue weighted by molar-refractivity contribution is -0.384. The topological polar surface area (TPSA) is 68.3 Å². The van der Waals surface area contributed by atoms with Gasteiger partial charge in [-0.05, 0) is 29.8 Å². The van der Waals surface area contributed by atoms with E-state index < -0.39 is 4.92 Å². The van der Waals surface area contributed by atoms with Crippen LogP contribution in [0.15, 0.2) is 34.7 Å². The fourth-order valence-corrected chi connectivity index (χ4v) is 1.74. The highest BCUT2D eigenvalue weighted by Crippen LogP contribution is 2.27. The van der Waals surface area contributed by atoms with Gasteiger partial charge >= 0.3 is 0 Å². The molecule has 18 heavy (non-hydrogen) atoms. The number of nitro benzene ring substituents is 1. The normalized spacial score (nSPS) is 10.3. The van der Waals surface area contributed by atoms with E-state index in [1.54, 1.807) is 12.1 Å². The van der Waals surface area contributed by atoms with Crippen molar-refractivity contribution < 1.29 is 9.34 Å². The molecule has 0 unspecified atom stereocenters. The Kier molecular flexibility index (Phi) is 3.74. The van der Waals surface area contributed by atoms with Crippen molar-refractivity contribution in [3.05, 3.63) is 56.4 Å². The van der Waals surface area contributed by atoms with Gasteiger partial charge in [0.15, 0.2) is 5.22 Å². The third kappa shape index (κ3) is 2.94. The first-order chi connectivity index (χ1) is 8.56. The van der Waals surface area contributed by atoms with Gasteiger partial charge < -0.3 is 9.73 Å². The lowest BCUT2D eigenvalue weighted by Crippen LogP contribution is -1.99. The van der Waals surface area contributed by atoms with Gasteiger partial charge in [0, 0.05) is 12.1 Å². The van der Waals surface area contributed by atoms with Crippen LogP contribution in [0.25, 0.3) is 0 Å². The van der Waals surface area contributed by atoms with Crippen molar-refractivity contribution in [2.24, 2.45) is 0 Å². The predicted octanol–water partition coefficient (Wildman–Crippen LogP) is 4.11. The van der Waals surface area contributed by atoms with Crippen LogP contribution in [0, 0.1) is 10.1 Å². The lowest BCUT2D eigenvalue weighted by Gasteiger charge is -2.06. The molecule has 94 valence electrons. The monoisotopic (exact) mass is 286 g/mol. The van der Waals surface area contributed by atoms with Crippen molar-refractivity contribution in [1.82, 2.24) is 0 Å². The molecule has 7 heteroatoms. The molecule has 0 atom stereocenters. The van der Waals surface area contributed by atoms with E-state index in [0.29, 0.717) is 23.0 Å². The van der Waals surface area contributed by atoms with E-state index in [1.807, 2.05) is 0 Å². The first-order valence-electron chi connectivity index (χ1n) is 4.98. The third-order valence-corrected chi connectivity index (χ3v) is 2.78. The number of nitro groups is 1. The zero-order chi connectivity index (χ0) is 13.1. The van der Waals surface area contributed by atoms with Crippen LogP contribution < -0.4 is 5.32 Å². The number of nitrogens with zero attached hydrogens (tertiary/aromatic N) is 1. The first kappa shape index (κ1) is 12.7. The molecule has 0 bridgehead atoms. The van der Waals surface area contributed by atoms with Gasteiger partial charge in [-0.3, -0.25) is 10.1 Å². The van der Waals surface area contributed by atoms with Gasteiger partial charge in [-0.15, -0.1) is 0 Å². The summed E-state index contributed by atoms with van der Waals surface area (Å²) in [5, 5.41) is 14.3. The predicted molar refractivity (Wildman–Crippen MR) is 69.2 cm³/mol. The molecular formula is C11H8Cl2N2O3. The second-order valence-electron chi connectivity index (χ2n) is 3.48. The molecule has 2 rings (SSSR count). The maximum absolute atomic E-state index is 10.6. The summed E-state index contributed by atoms with van der Waals surface area (Å²) in [6.45, 7) is 0.341. The molecular weight excluding hydrogens is 279 g/mol. The SMILES string of the molecule is O=[N+]([O-])c1ccc(Cl)c(NCc2ccc(Cl)o2)c1. The summed E-state index contributed by atoms with van der Waals surface area (Å²) in [4.78, 5) is 10.2. The van der Waals surface area contributed by atoms with Crippen LogP contribution in [0.1, 0.15) is 5.76 Å². The smallest absolute Gasteiger partial charge is 0.271 e.